The van der Waals surface area contributed by atoms with Gasteiger partial charge in [-0.25, -0.2) is 4.39 Å². The molecule has 23 heavy (non-hydrogen) atoms. The van der Waals surface area contributed by atoms with Gasteiger partial charge in [-0.15, -0.1) is 0 Å². The summed E-state index contributed by atoms with van der Waals surface area (Å²) in [6, 6.07) is 2.83. The number of nitrogens with zero attached hydrogens (tertiary/aromatic N) is 1. The van der Waals surface area contributed by atoms with Crippen LogP contribution in [-0.4, -0.2) is 36.3 Å². The third-order valence-corrected chi connectivity index (χ3v) is 7.38. The number of pyridine rings is 1. The second-order valence-corrected chi connectivity index (χ2v) is 12.3. The molecule has 3 heterocycles. The van der Waals surface area contributed by atoms with Gasteiger partial charge in [-0.1, -0.05) is 25.6 Å². The molecule has 0 aliphatic carbocycles. The van der Waals surface area contributed by atoms with E-state index in [1.807, 2.05) is 0 Å². The summed E-state index contributed by atoms with van der Waals surface area (Å²) in [5.41, 5.74) is 1.25. The Labute approximate surface area is 136 Å². The van der Waals surface area contributed by atoms with E-state index in [1.165, 1.54) is 6.04 Å². The summed E-state index contributed by atoms with van der Waals surface area (Å²) < 4.78 is 14.1. The second-order valence-electron chi connectivity index (χ2n) is 7.13. The van der Waals surface area contributed by atoms with Gasteiger partial charge in [0.25, 0.3) is 5.91 Å². The van der Waals surface area contributed by atoms with Crippen molar-refractivity contribution in [2.45, 2.75) is 45.1 Å². The molecule has 1 unspecified atom stereocenters. The van der Waals surface area contributed by atoms with Gasteiger partial charge in [0.05, 0.1) is 31.6 Å². The Balaban J connectivity index is 1.75. The van der Waals surface area contributed by atoms with Crippen LogP contribution in [0.2, 0.25) is 19.1 Å². The van der Waals surface area contributed by atoms with Crippen LogP contribution in [-0.2, 0) is 0 Å². The smallest absolute Gasteiger partial charge is 0.268 e. The van der Waals surface area contributed by atoms with Crippen molar-refractivity contribution in [1.82, 2.24) is 20.6 Å². The van der Waals surface area contributed by atoms with Crippen molar-refractivity contribution in [2.24, 2.45) is 0 Å². The van der Waals surface area contributed by atoms with Crippen molar-refractivity contribution in [3.05, 3.63) is 29.5 Å². The average molecular weight is 334 g/mol. The maximum atomic E-state index is 14.1. The first kappa shape index (κ1) is 16.1. The molecule has 0 saturated carbocycles. The van der Waals surface area contributed by atoms with Crippen molar-refractivity contribution < 1.29 is 9.18 Å². The summed E-state index contributed by atoms with van der Waals surface area (Å²) in [6.07, 6.45) is 4.59. The summed E-state index contributed by atoms with van der Waals surface area (Å²) in [6.45, 7) is 6.34. The van der Waals surface area contributed by atoms with Crippen LogP contribution in [0.5, 0.6) is 0 Å². The van der Waals surface area contributed by atoms with Gasteiger partial charge in [-0.3, -0.25) is 9.78 Å². The maximum Gasteiger partial charge on any atom is 0.268 e. The molecule has 0 spiro atoms. The zero-order chi connectivity index (χ0) is 16.6. The van der Waals surface area contributed by atoms with E-state index in [4.69, 9.17) is 0 Å². The summed E-state index contributed by atoms with van der Waals surface area (Å²) in [7, 11) is -1.18. The lowest BCUT2D eigenvalue weighted by molar-refractivity contribution is 0.0924. The number of nitrogens with one attached hydrogen (secondary N) is 3. The Bertz CT molecular complexity index is 743. The minimum absolute atomic E-state index is 0.0205. The van der Waals surface area contributed by atoms with Gasteiger partial charge < -0.3 is 15.6 Å². The zero-order valence-electron chi connectivity index (χ0n) is 13.8. The van der Waals surface area contributed by atoms with Crippen molar-refractivity contribution in [1.29, 1.82) is 0 Å². The number of amides is 1. The largest absolute Gasteiger partial charge is 0.349 e. The standard InChI is InChI=1S/C16H23FN4OSi/c1-10-15(17)11-7-12(20-13(11)8-18-10)16(22)21-14-5-4-6-23(2,3)9-19-14/h7-8,14,19-20H,4-6,9H2,1-3H3,(H,21,22). The lowest BCUT2D eigenvalue weighted by Crippen LogP contribution is -2.49. The number of fused-ring (bicyclic) bond motifs is 1. The molecule has 1 atom stereocenters. The van der Waals surface area contributed by atoms with Gasteiger partial charge in [0.2, 0.25) is 0 Å². The highest BCUT2D eigenvalue weighted by Crippen LogP contribution is 2.21. The first-order chi connectivity index (χ1) is 10.9. The third-order valence-electron chi connectivity index (χ3n) is 4.51. The van der Waals surface area contributed by atoms with Crippen molar-refractivity contribution in [3.8, 4) is 0 Å². The fourth-order valence-electron chi connectivity index (χ4n) is 3.02. The van der Waals surface area contributed by atoms with Crippen LogP contribution in [0.4, 0.5) is 4.39 Å². The van der Waals surface area contributed by atoms with Crippen LogP contribution in [0.25, 0.3) is 10.9 Å². The first-order valence-electron chi connectivity index (χ1n) is 8.04. The minimum Gasteiger partial charge on any atom is -0.349 e. The second kappa shape index (κ2) is 6.05. The molecule has 0 aromatic carbocycles. The molecule has 1 saturated heterocycles. The SMILES string of the molecule is Cc1ncc2[nH]c(C(=O)NC3CCC[Si](C)(C)CN3)cc2c1F. The molecule has 0 bridgehead atoms. The van der Waals surface area contributed by atoms with E-state index in [9.17, 15) is 9.18 Å². The van der Waals surface area contributed by atoms with E-state index in [0.29, 0.717) is 22.3 Å². The predicted octanol–water partition coefficient (Wildman–Crippen LogP) is 2.70. The number of H-pyrrole nitrogens is 1. The van der Waals surface area contributed by atoms with Crippen LogP contribution in [0.15, 0.2) is 12.3 Å². The number of rotatable bonds is 2. The van der Waals surface area contributed by atoms with E-state index in [0.717, 1.165) is 19.0 Å². The molecule has 1 fully saturated rings. The van der Waals surface area contributed by atoms with Crippen LogP contribution >= 0.6 is 0 Å². The molecule has 3 N–H and O–H groups in total. The molecule has 1 aliphatic heterocycles. The van der Waals surface area contributed by atoms with Crippen LogP contribution in [0.3, 0.4) is 0 Å². The Hall–Kier alpha value is -1.73. The number of aromatic amines is 1. The highest BCUT2D eigenvalue weighted by Gasteiger charge is 2.26. The number of aromatic nitrogens is 2. The molecule has 2 aromatic heterocycles. The summed E-state index contributed by atoms with van der Waals surface area (Å²) >= 11 is 0. The lowest BCUT2D eigenvalue weighted by Gasteiger charge is -2.21. The number of hydrogen-bond acceptors (Lipinski definition) is 3. The minimum atomic E-state index is -1.18. The van der Waals surface area contributed by atoms with Gasteiger partial charge in [0.15, 0.2) is 5.82 Å². The van der Waals surface area contributed by atoms with Crippen LogP contribution in [0, 0.1) is 12.7 Å². The summed E-state index contributed by atoms with van der Waals surface area (Å²) in [5.74, 6) is -0.588. The summed E-state index contributed by atoms with van der Waals surface area (Å²) in [5, 5.41) is 6.87. The van der Waals surface area contributed by atoms with E-state index < -0.39 is 8.07 Å². The van der Waals surface area contributed by atoms with Crippen molar-refractivity contribution in [3.63, 3.8) is 0 Å². The Morgan fingerprint density at radius 2 is 2.26 bits per heavy atom. The molecule has 5 nitrogen and oxygen atoms in total. The van der Waals surface area contributed by atoms with E-state index in [1.54, 1.807) is 19.2 Å². The molecular formula is C16H23FN4OSi. The van der Waals surface area contributed by atoms with Gasteiger partial charge in [0.1, 0.15) is 5.69 Å². The Morgan fingerprint density at radius 3 is 3.04 bits per heavy atom. The van der Waals surface area contributed by atoms with Crippen molar-refractivity contribution in [2.75, 3.05) is 6.17 Å². The van der Waals surface area contributed by atoms with E-state index >= 15 is 0 Å². The monoisotopic (exact) mass is 334 g/mol. The molecule has 0 radical (unpaired) electrons. The van der Waals surface area contributed by atoms with Gasteiger partial charge in [0, 0.05) is 5.39 Å². The fraction of sp³-hybridized carbons (Fsp3) is 0.500. The zero-order valence-corrected chi connectivity index (χ0v) is 14.8. The van der Waals surface area contributed by atoms with Gasteiger partial charge in [-0.2, -0.15) is 0 Å². The third kappa shape index (κ3) is 3.45. The topological polar surface area (TPSA) is 69.8 Å². The molecule has 124 valence electrons. The Kier molecular flexibility index (Phi) is 4.24. The first-order valence-corrected chi connectivity index (χ1v) is 11.5. The van der Waals surface area contributed by atoms with Gasteiger partial charge in [-0.05, 0) is 25.6 Å². The highest BCUT2D eigenvalue weighted by atomic mass is 28.3. The highest BCUT2D eigenvalue weighted by molar-refractivity contribution is 6.77. The molecule has 1 amide bonds. The molecule has 1 aliphatic rings. The predicted molar refractivity (Wildman–Crippen MR) is 91.6 cm³/mol. The van der Waals surface area contributed by atoms with E-state index in [2.05, 4.69) is 33.7 Å². The molecule has 3 rings (SSSR count). The number of carbonyl (C=O) groups excluding carboxylic acids is 1. The fourth-order valence-corrected chi connectivity index (χ4v) is 5.16. The van der Waals surface area contributed by atoms with E-state index in [-0.39, 0.29) is 17.9 Å². The van der Waals surface area contributed by atoms with Crippen molar-refractivity contribution >= 4 is 24.9 Å². The maximum absolute atomic E-state index is 14.1. The number of aryl methyl sites for hydroxylation is 1. The molecule has 7 heteroatoms. The Morgan fingerprint density at radius 1 is 1.48 bits per heavy atom. The van der Waals surface area contributed by atoms with Gasteiger partial charge >= 0.3 is 0 Å². The van der Waals surface area contributed by atoms with Crippen LogP contribution in [0.1, 0.15) is 29.0 Å². The number of carbonyl (C=O) groups is 1. The quantitative estimate of drug-likeness (QED) is 0.740. The lowest BCUT2D eigenvalue weighted by atomic mass is 10.2. The normalized spacial score (nSPS) is 21.1. The molecule has 2 aromatic rings. The average Bonchev–Trinajstić information content (AvgIpc) is 2.86. The number of hydrogen-bond donors (Lipinski definition) is 3. The summed E-state index contributed by atoms with van der Waals surface area (Å²) in [4.78, 5) is 19.4. The molecular weight excluding hydrogens is 311 g/mol. The number of halogens is 1. The van der Waals surface area contributed by atoms with Crippen LogP contribution < -0.4 is 10.6 Å².